The number of hydrogen-bond acceptors (Lipinski definition) is 6. The Bertz CT molecular complexity index is 1340. The van der Waals surface area contributed by atoms with Gasteiger partial charge in [-0.15, -0.1) is 0 Å². The van der Waals surface area contributed by atoms with Crippen LogP contribution in [0.3, 0.4) is 0 Å². The molecule has 9 heteroatoms. The summed E-state index contributed by atoms with van der Waals surface area (Å²) in [5, 5.41) is 6.19. The van der Waals surface area contributed by atoms with Crippen molar-refractivity contribution < 1.29 is 9.53 Å². The lowest BCUT2D eigenvalue weighted by Crippen LogP contribution is -2.20. The summed E-state index contributed by atoms with van der Waals surface area (Å²) in [6.07, 6.45) is 3.83. The average Bonchev–Trinajstić information content (AvgIpc) is 2.83. The van der Waals surface area contributed by atoms with Crippen LogP contribution in [-0.2, 0) is 6.42 Å². The molecule has 2 aromatic carbocycles. The van der Waals surface area contributed by atoms with Crippen LogP contribution in [0.1, 0.15) is 23.9 Å². The maximum Gasteiger partial charge on any atom is 0.323 e. The van der Waals surface area contributed by atoms with Crippen LogP contribution in [0.25, 0.3) is 11.4 Å². The molecule has 0 spiro atoms. The largest absolute Gasteiger partial charge is 0.438 e. The van der Waals surface area contributed by atoms with Crippen molar-refractivity contribution in [3.63, 3.8) is 0 Å². The van der Waals surface area contributed by atoms with E-state index in [0.29, 0.717) is 51.7 Å². The first-order valence-corrected chi connectivity index (χ1v) is 11.1. The molecule has 0 aliphatic heterocycles. The number of urea groups is 1. The molecule has 8 nitrogen and oxygen atoms in total. The average molecular weight is 475 g/mol. The van der Waals surface area contributed by atoms with E-state index < -0.39 is 0 Å². The fourth-order valence-corrected chi connectivity index (χ4v) is 3.40. The van der Waals surface area contributed by atoms with Gasteiger partial charge in [0.1, 0.15) is 17.9 Å². The molecule has 0 fully saturated rings. The van der Waals surface area contributed by atoms with Gasteiger partial charge in [0.25, 0.3) is 0 Å². The van der Waals surface area contributed by atoms with Gasteiger partial charge in [-0.3, -0.25) is 0 Å². The quantitative estimate of drug-likeness (QED) is 0.345. The number of carbonyl (C=O) groups is 1. The zero-order valence-corrected chi connectivity index (χ0v) is 19.7. The smallest absolute Gasteiger partial charge is 0.323 e. The molecule has 34 heavy (non-hydrogen) atoms. The number of carbonyl (C=O) groups excluding carboxylic acids is 1. The van der Waals surface area contributed by atoms with E-state index in [1.54, 1.807) is 36.5 Å². The maximum atomic E-state index is 12.5. The SMILES string of the molecule is CCc1ncnc(-c2cccnc2Oc2ccc(NC(=O)Nc3cc(Cl)ccc3C)cc2C)n1. The van der Waals surface area contributed by atoms with Gasteiger partial charge in [0.15, 0.2) is 5.82 Å². The maximum absolute atomic E-state index is 12.5. The number of amides is 2. The molecule has 0 unspecified atom stereocenters. The molecular weight excluding hydrogens is 452 g/mol. The molecule has 0 radical (unpaired) electrons. The lowest BCUT2D eigenvalue weighted by atomic mass is 10.2. The van der Waals surface area contributed by atoms with E-state index >= 15 is 0 Å². The fraction of sp³-hybridized carbons (Fsp3) is 0.160. The molecular formula is C25H23ClN6O2. The summed E-state index contributed by atoms with van der Waals surface area (Å²) in [7, 11) is 0. The Hall–Kier alpha value is -4.04. The normalized spacial score (nSPS) is 10.6. The third-order valence-corrected chi connectivity index (χ3v) is 5.27. The van der Waals surface area contributed by atoms with Crippen LogP contribution in [0.2, 0.25) is 5.02 Å². The molecule has 0 aliphatic carbocycles. The lowest BCUT2D eigenvalue weighted by Gasteiger charge is -2.14. The van der Waals surface area contributed by atoms with Crippen molar-refractivity contribution in [3.8, 4) is 23.0 Å². The van der Waals surface area contributed by atoms with Crippen molar-refractivity contribution in [1.82, 2.24) is 19.9 Å². The van der Waals surface area contributed by atoms with E-state index in [1.165, 1.54) is 6.33 Å². The van der Waals surface area contributed by atoms with E-state index in [-0.39, 0.29) is 6.03 Å². The zero-order valence-electron chi connectivity index (χ0n) is 19.0. The van der Waals surface area contributed by atoms with Crippen LogP contribution in [0.5, 0.6) is 11.6 Å². The highest BCUT2D eigenvalue weighted by Gasteiger charge is 2.14. The number of halogens is 1. The Labute approximate surface area is 202 Å². The molecule has 0 atom stereocenters. The Balaban J connectivity index is 1.50. The molecule has 2 aromatic heterocycles. The van der Waals surface area contributed by atoms with Gasteiger partial charge in [-0.25, -0.2) is 24.7 Å². The molecule has 172 valence electrons. The van der Waals surface area contributed by atoms with Gasteiger partial charge in [-0.1, -0.05) is 24.6 Å². The minimum Gasteiger partial charge on any atom is -0.438 e. The Morgan fingerprint density at radius 1 is 1.00 bits per heavy atom. The van der Waals surface area contributed by atoms with Gasteiger partial charge in [0.2, 0.25) is 5.88 Å². The van der Waals surface area contributed by atoms with E-state index in [9.17, 15) is 4.79 Å². The first-order valence-electron chi connectivity index (χ1n) is 10.7. The predicted octanol–water partition coefficient (Wildman–Crippen LogP) is 6.20. The van der Waals surface area contributed by atoms with Crippen LogP contribution in [0, 0.1) is 13.8 Å². The molecule has 2 N–H and O–H groups in total. The minimum absolute atomic E-state index is 0.369. The van der Waals surface area contributed by atoms with E-state index in [1.807, 2.05) is 39.0 Å². The number of hydrogen-bond donors (Lipinski definition) is 2. The summed E-state index contributed by atoms with van der Waals surface area (Å²) in [6, 6.07) is 14.0. The first-order chi connectivity index (χ1) is 16.4. The zero-order chi connectivity index (χ0) is 24.1. The number of aryl methyl sites for hydroxylation is 3. The second-order valence-corrected chi connectivity index (χ2v) is 7.99. The van der Waals surface area contributed by atoms with Crippen molar-refractivity contribution in [2.45, 2.75) is 27.2 Å². The number of benzene rings is 2. The van der Waals surface area contributed by atoms with Crippen molar-refractivity contribution in [3.05, 3.63) is 83.0 Å². The van der Waals surface area contributed by atoms with Crippen LogP contribution in [0.15, 0.2) is 61.1 Å². The Kier molecular flexibility index (Phi) is 6.98. The molecule has 4 rings (SSSR count). The van der Waals surface area contributed by atoms with Crippen molar-refractivity contribution in [1.29, 1.82) is 0 Å². The summed E-state index contributed by atoms with van der Waals surface area (Å²) in [6.45, 7) is 5.77. The van der Waals surface area contributed by atoms with Crippen LogP contribution in [0.4, 0.5) is 16.2 Å². The van der Waals surface area contributed by atoms with E-state index in [0.717, 1.165) is 11.1 Å². The number of nitrogens with one attached hydrogen (secondary N) is 2. The summed E-state index contributed by atoms with van der Waals surface area (Å²) in [5.74, 6) is 2.17. The Morgan fingerprint density at radius 3 is 2.65 bits per heavy atom. The third-order valence-electron chi connectivity index (χ3n) is 5.04. The van der Waals surface area contributed by atoms with Gasteiger partial charge in [-0.2, -0.15) is 0 Å². The fourth-order valence-electron chi connectivity index (χ4n) is 3.23. The van der Waals surface area contributed by atoms with Gasteiger partial charge in [-0.05, 0) is 67.4 Å². The topological polar surface area (TPSA) is 102 Å². The van der Waals surface area contributed by atoms with E-state index in [4.69, 9.17) is 16.3 Å². The number of nitrogens with zero attached hydrogens (tertiary/aromatic N) is 4. The molecule has 0 saturated heterocycles. The highest BCUT2D eigenvalue weighted by atomic mass is 35.5. The van der Waals surface area contributed by atoms with Crippen molar-refractivity contribution in [2.24, 2.45) is 0 Å². The van der Waals surface area contributed by atoms with Crippen molar-refractivity contribution in [2.75, 3.05) is 10.6 Å². The molecule has 2 amide bonds. The number of anilines is 2. The van der Waals surface area contributed by atoms with Crippen LogP contribution in [-0.4, -0.2) is 26.0 Å². The van der Waals surface area contributed by atoms with Crippen LogP contribution < -0.4 is 15.4 Å². The van der Waals surface area contributed by atoms with Crippen molar-refractivity contribution >= 4 is 29.0 Å². The summed E-state index contributed by atoms with van der Waals surface area (Å²) in [4.78, 5) is 29.7. The number of ether oxygens (including phenoxy) is 1. The van der Waals surface area contributed by atoms with Gasteiger partial charge < -0.3 is 15.4 Å². The molecule has 0 aliphatic rings. The highest BCUT2D eigenvalue weighted by Crippen LogP contribution is 2.32. The first kappa shape index (κ1) is 23.1. The van der Waals surface area contributed by atoms with Crippen LogP contribution >= 0.6 is 11.6 Å². The highest BCUT2D eigenvalue weighted by molar-refractivity contribution is 6.31. The summed E-state index contributed by atoms with van der Waals surface area (Å²) < 4.78 is 6.10. The minimum atomic E-state index is -0.369. The second kappa shape index (κ2) is 10.3. The van der Waals surface area contributed by atoms with E-state index in [2.05, 4.69) is 30.6 Å². The van der Waals surface area contributed by atoms with Gasteiger partial charge in [0, 0.05) is 29.0 Å². The molecule has 2 heterocycles. The van der Waals surface area contributed by atoms with Gasteiger partial charge in [0.05, 0.1) is 5.56 Å². The third kappa shape index (κ3) is 5.47. The summed E-state index contributed by atoms with van der Waals surface area (Å²) >= 11 is 6.03. The molecule has 0 bridgehead atoms. The standard InChI is InChI=1S/C25H23ClN6O2/c1-4-22-28-14-29-23(32-22)19-6-5-11-27-24(19)34-21-10-9-18(12-16(21)3)30-25(33)31-20-13-17(26)8-7-15(20)2/h5-14H,4H2,1-3H3,(H2,30,31,33). The molecule has 0 saturated carbocycles. The number of rotatable bonds is 6. The molecule has 4 aromatic rings. The lowest BCUT2D eigenvalue weighted by molar-refractivity contribution is 0.262. The Morgan fingerprint density at radius 2 is 1.85 bits per heavy atom. The number of pyridine rings is 1. The monoisotopic (exact) mass is 474 g/mol. The predicted molar refractivity (Wildman–Crippen MR) is 133 cm³/mol. The second-order valence-electron chi connectivity index (χ2n) is 7.56. The van der Waals surface area contributed by atoms with Gasteiger partial charge >= 0.3 is 6.03 Å². The summed E-state index contributed by atoms with van der Waals surface area (Å²) in [5.41, 5.74) is 3.66. The number of aromatic nitrogens is 4.